The number of hydrogen-bond donors (Lipinski definition) is 2. The molecule has 0 spiro atoms. The fraction of sp³-hybridized carbons (Fsp3) is 0.368. The molecule has 7 nitrogen and oxygen atoms in total. The van der Waals surface area contributed by atoms with Crippen LogP contribution >= 0.6 is 0 Å². The smallest absolute Gasteiger partial charge is 0.258 e. The van der Waals surface area contributed by atoms with E-state index in [0.717, 1.165) is 5.56 Å². The van der Waals surface area contributed by atoms with Crippen LogP contribution in [0.3, 0.4) is 0 Å². The van der Waals surface area contributed by atoms with Crippen molar-refractivity contribution in [3.8, 4) is 0 Å². The quantitative estimate of drug-likeness (QED) is 0.613. The molecule has 8 heteroatoms. The second-order valence-corrected chi connectivity index (χ2v) is 8.32. The molecule has 3 rings (SSSR count). The van der Waals surface area contributed by atoms with E-state index in [1.54, 1.807) is 6.92 Å². The zero-order chi connectivity index (χ0) is 19.4. The fourth-order valence-corrected chi connectivity index (χ4v) is 4.08. The molecule has 0 aliphatic carbocycles. The Morgan fingerprint density at radius 2 is 2.00 bits per heavy atom. The summed E-state index contributed by atoms with van der Waals surface area (Å²) in [5.41, 5.74) is 1.97. The van der Waals surface area contributed by atoms with Gasteiger partial charge in [0.2, 0.25) is 10.0 Å². The summed E-state index contributed by atoms with van der Waals surface area (Å²) in [6.45, 7) is 3.79. The van der Waals surface area contributed by atoms with Gasteiger partial charge in [0.25, 0.3) is 5.71 Å². The molecule has 0 saturated carbocycles. The lowest BCUT2D eigenvalue weighted by Gasteiger charge is -2.19. The van der Waals surface area contributed by atoms with Crippen molar-refractivity contribution in [1.82, 2.24) is 14.9 Å². The average Bonchev–Trinajstić information content (AvgIpc) is 3.08. The van der Waals surface area contributed by atoms with Gasteiger partial charge >= 0.3 is 0 Å². The number of sulfonamides is 1. The summed E-state index contributed by atoms with van der Waals surface area (Å²) in [6.07, 6.45) is 1.80. The predicted octanol–water partition coefficient (Wildman–Crippen LogP) is 2.62. The van der Waals surface area contributed by atoms with Crippen LogP contribution in [0.15, 0.2) is 52.0 Å². The summed E-state index contributed by atoms with van der Waals surface area (Å²) in [5.74, 6) is -0.139. The van der Waals surface area contributed by atoms with Crippen molar-refractivity contribution < 1.29 is 18.0 Å². The standard InChI is InChI=1S/C19H23N3O4S/c1-3-18-17-10-16(12-20-19(17)26-22-18)27(24,25)21-11-15(9-13(2)23)14-7-5-4-6-8-14/h4-8,10,12-13,15,21,23H,3,9,11H2,1-2H3/t13-,15+/m1/s1. The molecule has 2 atom stereocenters. The van der Waals surface area contributed by atoms with Crippen LogP contribution in [0.25, 0.3) is 11.1 Å². The molecule has 0 saturated heterocycles. The summed E-state index contributed by atoms with van der Waals surface area (Å²) in [4.78, 5) is 4.13. The molecule has 1 aromatic carbocycles. The molecule has 2 aromatic heterocycles. The highest BCUT2D eigenvalue weighted by molar-refractivity contribution is 7.89. The molecule has 0 fully saturated rings. The van der Waals surface area contributed by atoms with Gasteiger partial charge in [-0.25, -0.2) is 18.1 Å². The Bertz CT molecular complexity index is 1000. The minimum atomic E-state index is -3.76. The zero-order valence-corrected chi connectivity index (χ0v) is 16.1. The Kier molecular flexibility index (Phi) is 5.88. The van der Waals surface area contributed by atoms with Gasteiger partial charge in [0.15, 0.2) is 0 Å². The first-order valence-corrected chi connectivity index (χ1v) is 10.4. The Labute approximate surface area is 158 Å². The second kappa shape index (κ2) is 8.16. The van der Waals surface area contributed by atoms with E-state index in [0.29, 0.717) is 29.6 Å². The molecule has 0 radical (unpaired) electrons. The van der Waals surface area contributed by atoms with Crippen molar-refractivity contribution in [3.63, 3.8) is 0 Å². The Balaban J connectivity index is 1.82. The lowest BCUT2D eigenvalue weighted by atomic mass is 9.94. The first-order valence-electron chi connectivity index (χ1n) is 8.87. The van der Waals surface area contributed by atoms with Crippen LogP contribution in [0.4, 0.5) is 0 Å². The topological polar surface area (TPSA) is 105 Å². The number of benzene rings is 1. The van der Waals surface area contributed by atoms with E-state index in [9.17, 15) is 13.5 Å². The summed E-state index contributed by atoms with van der Waals surface area (Å²) < 4.78 is 33.3. The van der Waals surface area contributed by atoms with E-state index in [-0.39, 0.29) is 17.4 Å². The molecule has 2 heterocycles. The second-order valence-electron chi connectivity index (χ2n) is 6.55. The molecule has 144 valence electrons. The van der Waals surface area contributed by atoms with Crippen LogP contribution in [0.2, 0.25) is 0 Å². The molecule has 0 amide bonds. The highest BCUT2D eigenvalue weighted by Gasteiger charge is 2.21. The van der Waals surface area contributed by atoms with E-state index in [4.69, 9.17) is 4.52 Å². The van der Waals surface area contributed by atoms with E-state index in [2.05, 4.69) is 14.9 Å². The summed E-state index contributed by atoms with van der Waals surface area (Å²) in [7, 11) is -3.76. The van der Waals surface area contributed by atoms with E-state index in [1.165, 1.54) is 12.3 Å². The molecule has 0 unspecified atom stereocenters. The molecule has 0 aliphatic heterocycles. The highest BCUT2D eigenvalue weighted by atomic mass is 32.2. The molecular formula is C19H23N3O4S. The first-order chi connectivity index (χ1) is 12.9. The van der Waals surface area contributed by atoms with Crippen LogP contribution in [-0.2, 0) is 16.4 Å². The largest absolute Gasteiger partial charge is 0.393 e. The van der Waals surface area contributed by atoms with Gasteiger partial charge in [0.05, 0.1) is 23.4 Å². The van der Waals surface area contributed by atoms with E-state index in [1.807, 2.05) is 37.3 Å². The lowest BCUT2D eigenvalue weighted by Crippen LogP contribution is -2.30. The minimum absolute atomic E-state index is 0.0664. The SMILES string of the molecule is CCc1noc2ncc(S(=O)(=O)NC[C@H](C[C@@H](C)O)c3ccccc3)cc12. The number of nitrogens with zero attached hydrogens (tertiary/aromatic N) is 2. The van der Waals surface area contributed by atoms with E-state index >= 15 is 0 Å². The summed E-state index contributed by atoms with van der Waals surface area (Å²) in [6, 6.07) is 11.1. The molecule has 0 bridgehead atoms. The van der Waals surface area contributed by atoms with Crippen molar-refractivity contribution >= 4 is 21.1 Å². The third kappa shape index (κ3) is 4.52. The molecule has 27 heavy (non-hydrogen) atoms. The molecule has 3 aromatic rings. The third-order valence-corrected chi connectivity index (χ3v) is 5.83. The minimum Gasteiger partial charge on any atom is -0.393 e. The van der Waals surface area contributed by atoms with Gasteiger partial charge in [0.1, 0.15) is 4.90 Å². The third-order valence-electron chi connectivity index (χ3n) is 4.44. The fourth-order valence-electron chi connectivity index (χ4n) is 3.03. The van der Waals surface area contributed by atoms with Crippen LogP contribution in [0.5, 0.6) is 0 Å². The number of pyridine rings is 1. The first kappa shape index (κ1) is 19.5. The van der Waals surface area contributed by atoms with Crippen LogP contribution < -0.4 is 4.72 Å². The van der Waals surface area contributed by atoms with Gasteiger partial charge in [-0.05, 0) is 37.3 Å². The van der Waals surface area contributed by atoms with Crippen molar-refractivity contribution in [2.24, 2.45) is 0 Å². The maximum Gasteiger partial charge on any atom is 0.258 e. The number of hydrogen-bond acceptors (Lipinski definition) is 6. The van der Waals surface area contributed by atoms with Crippen molar-refractivity contribution in [2.45, 2.75) is 43.6 Å². The van der Waals surface area contributed by atoms with Gasteiger partial charge in [-0.3, -0.25) is 0 Å². The van der Waals surface area contributed by atoms with Crippen LogP contribution in [0, 0.1) is 0 Å². The van der Waals surface area contributed by atoms with Gasteiger partial charge in [-0.1, -0.05) is 42.4 Å². The maximum atomic E-state index is 12.8. The summed E-state index contributed by atoms with van der Waals surface area (Å²) >= 11 is 0. The number of aromatic nitrogens is 2. The lowest BCUT2D eigenvalue weighted by molar-refractivity contribution is 0.174. The number of aliphatic hydroxyl groups excluding tert-OH is 1. The molecule has 2 N–H and O–H groups in total. The van der Waals surface area contributed by atoms with Gasteiger partial charge in [0, 0.05) is 6.54 Å². The van der Waals surface area contributed by atoms with Crippen LogP contribution in [0.1, 0.15) is 37.4 Å². The predicted molar refractivity (Wildman–Crippen MR) is 102 cm³/mol. The Morgan fingerprint density at radius 1 is 1.26 bits per heavy atom. The van der Waals surface area contributed by atoms with Crippen molar-refractivity contribution in [3.05, 3.63) is 53.9 Å². The number of aliphatic hydroxyl groups is 1. The number of aryl methyl sites for hydroxylation is 1. The highest BCUT2D eigenvalue weighted by Crippen LogP contribution is 2.23. The molecular weight excluding hydrogens is 366 g/mol. The average molecular weight is 389 g/mol. The van der Waals surface area contributed by atoms with Gasteiger partial charge in [-0.2, -0.15) is 0 Å². The summed E-state index contributed by atoms with van der Waals surface area (Å²) in [5, 5.41) is 14.3. The maximum absolute atomic E-state index is 12.8. The normalized spacial score (nSPS) is 14.3. The number of rotatable bonds is 8. The Hall–Kier alpha value is -2.29. The zero-order valence-electron chi connectivity index (χ0n) is 15.3. The monoisotopic (exact) mass is 389 g/mol. The number of nitrogens with one attached hydrogen (secondary N) is 1. The Morgan fingerprint density at radius 3 is 2.67 bits per heavy atom. The van der Waals surface area contributed by atoms with E-state index < -0.39 is 16.1 Å². The van der Waals surface area contributed by atoms with Crippen molar-refractivity contribution in [1.29, 1.82) is 0 Å². The van der Waals surface area contributed by atoms with Gasteiger partial charge < -0.3 is 9.63 Å². The van der Waals surface area contributed by atoms with Crippen molar-refractivity contribution in [2.75, 3.05) is 6.54 Å². The molecule has 0 aliphatic rings. The number of fused-ring (bicyclic) bond motifs is 1. The van der Waals surface area contributed by atoms with Crippen LogP contribution in [-0.4, -0.2) is 36.3 Å². The van der Waals surface area contributed by atoms with Gasteiger partial charge in [-0.15, -0.1) is 0 Å².